The van der Waals surface area contributed by atoms with Gasteiger partial charge in [0.05, 0.1) is 24.2 Å². The van der Waals surface area contributed by atoms with Crippen LogP contribution in [0, 0.1) is 0 Å². The Morgan fingerprint density at radius 3 is 2.34 bits per heavy atom. The molecule has 1 N–H and O–H groups in total. The first-order chi connectivity index (χ1) is 18.4. The van der Waals surface area contributed by atoms with Gasteiger partial charge in [-0.15, -0.1) is 0 Å². The summed E-state index contributed by atoms with van der Waals surface area (Å²) in [6, 6.07) is 17.9. The summed E-state index contributed by atoms with van der Waals surface area (Å²) in [5.74, 6) is 1.65. The first kappa shape index (κ1) is 24.8. The molecule has 1 aromatic heterocycles. The van der Waals surface area contributed by atoms with Crippen molar-refractivity contribution in [1.82, 2.24) is 9.97 Å². The highest BCUT2D eigenvalue weighted by molar-refractivity contribution is 7.93. The van der Waals surface area contributed by atoms with E-state index in [9.17, 15) is 13.2 Å². The number of anilines is 2. The molecule has 2 saturated carbocycles. The molecule has 2 aliphatic carbocycles. The number of hydrogen-bond donors (Lipinski definition) is 1. The van der Waals surface area contributed by atoms with E-state index in [1.807, 2.05) is 24.3 Å². The summed E-state index contributed by atoms with van der Waals surface area (Å²) in [5.41, 5.74) is 1.89. The molecular weight excluding hydrogens is 504 g/mol. The largest absolute Gasteiger partial charge is 0.417 e. The zero-order chi connectivity index (χ0) is 26.2. The maximum absolute atomic E-state index is 13.6. The molecule has 1 aliphatic heterocycles. The Kier molecular flexibility index (Phi) is 6.53. The van der Waals surface area contributed by atoms with Gasteiger partial charge in [-0.2, -0.15) is 0 Å². The molecule has 9 nitrogen and oxygen atoms in total. The molecule has 1 amide bonds. The van der Waals surface area contributed by atoms with E-state index in [0.29, 0.717) is 62.1 Å². The van der Waals surface area contributed by atoms with Crippen molar-refractivity contribution in [1.29, 1.82) is 0 Å². The van der Waals surface area contributed by atoms with Crippen molar-refractivity contribution >= 4 is 27.4 Å². The topological polar surface area (TPSA) is 111 Å². The van der Waals surface area contributed by atoms with Crippen molar-refractivity contribution in [2.24, 2.45) is 0 Å². The molecule has 10 heteroatoms. The number of ether oxygens (including phenoxy) is 2. The van der Waals surface area contributed by atoms with Gasteiger partial charge in [0.1, 0.15) is 16.3 Å². The summed E-state index contributed by atoms with van der Waals surface area (Å²) in [5, 5.41) is 2.47. The number of morpholine rings is 1. The summed E-state index contributed by atoms with van der Waals surface area (Å²) in [4.78, 5) is 24.1. The number of rotatable bonds is 7. The van der Waals surface area contributed by atoms with Crippen LogP contribution in [0.4, 0.5) is 16.3 Å². The number of sulfone groups is 1. The highest BCUT2D eigenvalue weighted by Crippen LogP contribution is 2.53. The second-order valence-corrected chi connectivity index (χ2v) is 12.6. The zero-order valence-electron chi connectivity index (χ0n) is 21.0. The van der Waals surface area contributed by atoms with Gasteiger partial charge in [-0.3, -0.25) is 5.32 Å². The highest BCUT2D eigenvalue weighted by atomic mass is 32.2. The van der Waals surface area contributed by atoms with Crippen molar-refractivity contribution in [2.45, 2.75) is 42.1 Å². The molecule has 198 valence electrons. The molecule has 2 heterocycles. The van der Waals surface area contributed by atoms with Crippen molar-refractivity contribution in [3.05, 3.63) is 66.4 Å². The summed E-state index contributed by atoms with van der Waals surface area (Å²) >= 11 is 0. The molecule has 3 aromatic rings. The molecule has 2 aromatic carbocycles. The summed E-state index contributed by atoms with van der Waals surface area (Å²) in [6.07, 6.45) is 2.94. The average Bonchev–Trinajstić information content (AvgIpc) is 3.76. The predicted molar refractivity (Wildman–Crippen MR) is 144 cm³/mol. The van der Waals surface area contributed by atoms with Crippen molar-refractivity contribution in [3.63, 3.8) is 0 Å². The van der Waals surface area contributed by atoms with Crippen LogP contribution in [-0.2, 0) is 19.3 Å². The van der Waals surface area contributed by atoms with Crippen LogP contribution in [0.3, 0.4) is 0 Å². The van der Waals surface area contributed by atoms with E-state index in [2.05, 4.69) is 10.2 Å². The lowest BCUT2D eigenvalue weighted by Crippen LogP contribution is -2.45. The normalized spacial score (nSPS) is 18.9. The third kappa shape index (κ3) is 4.74. The molecule has 0 bridgehead atoms. The van der Waals surface area contributed by atoms with Gasteiger partial charge < -0.3 is 14.4 Å². The molecule has 38 heavy (non-hydrogen) atoms. The van der Waals surface area contributed by atoms with Crippen LogP contribution in [0.25, 0.3) is 11.4 Å². The third-order valence-electron chi connectivity index (χ3n) is 7.53. The molecule has 6 rings (SSSR count). The maximum Gasteiger partial charge on any atom is 0.417 e. The second kappa shape index (κ2) is 9.99. The Hall–Kier alpha value is -3.50. The van der Waals surface area contributed by atoms with Gasteiger partial charge in [-0.05, 0) is 68.5 Å². The fourth-order valence-electron chi connectivity index (χ4n) is 5.07. The molecule has 3 fully saturated rings. The maximum atomic E-state index is 13.6. The number of amides is 1. The van der Waals surface area contributed by atoms with E-state index in [1.54, 1.807) is 36.4 Å². The molecular formula is C28H30N4O5S. The Morgan fingerprint density at radius 2 is 1.71 bits per heavy atom. The van der Waals surface area contributed by atoms with E-state index >= 15 is 0 Å². The predicted octanol–water partition coefficient (Wildman–Crippen LogP) is 4.55. The minimum atomic E-state index is -3.33. The number of carbonyl (C=O) groups is 1. The molecule has 0 radical (unpaired) electrons. The Labute approximate surface area is 222 Å². The standard InChI is InChI=1S/C28H30N4O5S/c33-27(37-22-5-2-1-3-6-22)29-21-9-7-20(8-10-21)26-30-24(19-25(31-26)32-15-17-36-18-16-32)28(13-4-14-28)38(34,35)23-11-12-23/h1-3,5-10,19,23H,4,11-18H2,(H,29,33). The average molecular weight is 535 g/mol. The monoisotopic (exact) mass is 534 g/mol. The molecule has 0 unspecified atom stereocenters. The van der Waals surface area contributed by atoms with Crippen LogP contribution < -0.4 is 15.0 Å². The first-order valence-corrected chi connectivity index (χ1v) is 14.6. The number of nitrogens with zero attached hydrogens (tertiary/aromatic N) is 3. The summed E-state index contributed by atoms with van der Waals surface area (Å²) < 4.78 is 37.0. The Bertz CT molecular complexity index is 1420. The van der Waals surface area contributed by atoms with Gasteiger partial charge in [0.2, 0.25) is 0 Å². The number of aromatic nitrogens is 2. The Morgan fingerprint density at radius 1 is 1.00 bits per heavy atom. The van der Waals surface area contributed by atoms with Crippen LogP contribution in [0.2, 0.25) is 0 Å². The smallest absolute Gasteiger partial charge is 0.410 e. The lowest BCUT2D eigenvalue weighted by atomic mass is 9.81. The third-order valence-corrected chi connectivity index (χ3v) is 10.6. The quantitative estimate of drug-likeness (QED) is 0.470. The SMILES string of the molecule is O=C(Nc1ccc(-c2nc(N3CCOCC3)cc(C3(S(=O)(=O)C4CC4)CCC3)n2)cc1)Oc1ccccc1. The van der Waals surface area contributed by atoms with Crippen LogP contribution in [0.5, 0.6) is 5.75 Å². The van der Waals surface area contributed by atoms with Crippen molar-refractivity contribution in [3.8, 4) is 17.1 Å². The van der Waals surface area contributed by atoms with Crippen LogP contribution in [0.15, 0.2) is 60.7 Å². The van der Waals surface area contributed by atoms with E-state index in [-0.39, 0.29) is 5.25 Å². The fraction of sp³-hybridized carbons (Fsp3) is 0.393. The number of para-hydroxylation sites is 1. The molecule has 0 spiro atoms. The van der Waals surface area contributed by atoms with Crippen molar-refractivity contribution < 1.29 is 22.7 Å². The number of benzene rings is 2. The zero-order valence-corrected chi connectivity index (χ0v) is 21.8. The van der Waals surface area contributed by atoms with E-state index in [1.165, 1.54) is 0 Å². The molecule has 3 aliphatic rings. The Balaban J connectivity index is 1.30. The molecule has 0 atom stereocenters. The number of hydrogen-bond acceptors (Lipinski definition) is 8. The fourth-order valence-corrected chi connectivity index (χ4v) is 7.72. The minimum Gasteiger partial charge on any atom is -0.410 e. The van der Waals surface area contributed by atoms with Crippen molar-refractivity contribution in [2.75, 3.05) is 36.5 Å². The van der Waals surface area contributed by atoms with Gasteiger partial charge in [-0.1, -0.05) is 18.2 Å². The minimum absolute atomic E-state index is 0.256. The van der Waals surface area contributed by atoms with Gasteiger partial charge in [0, 0.05) is 30.4 Å². The highest BCUT2D eigenvalue weighted by Gasteiger charge is 2.57. The van der Waals surface area contributed by atoms with Gasteiger partial charge in [0.25, 0.3) is 0 Å². The van der Waals surface area contributed by atoms with E-state index in [0.717, 1.165) is 30.6 Å². The lowest BCUT2D eigenvalue weighted by molar-refractivity contribution is 0.122. The lowest BCUT2D eigenvalue weighted by Gasteiger charge is -2.41. The van der Waals surface area contributed by atoms with Gasteiger partial charge in [0.15, 0.2) is 15.7 Å². The van der Waals surface area contributed by atoms with Crippen LogP contribution in [-0.4, -0.2) is 56.0 Å². The number of carbonyl (C=O) groups excluding carboxylic acids is 1. The van der Waals surface area contributed by atoms with Crippen LogP contribution in [0.1, 0.15) is 37.8 Å². The second-order valence-electron chi connectivity index (χ2n) is 10.0. The molecule has 1 saturated heterocycles. The van der Waals surface area contributed by atoms with E-state index < -0.39 is 20.7 Å². The summed E-state index contributed by atoms with van der Waals surface area (Å²) in [7, 11) is -3.33. The number of nitrogens with one attached hydrogen (secondary N) is 1. The van der Waals surface area contributed by atoms with Crippen LogP contribution >= 0.6 is 0 Å². The van der Waals surface area contributed by atoms with Gasteiger partial charge in [-0.25, -0.2) is 23.2 Å². The first-order valence-electron chi connectivity index (χ1n) is 13.0. The van der Waals surface area contributed by atoms with E-state index in [4.69, 9.17) is 19.4 Å². The van der Waals surface area contributed by atoms with Gasteiger partial charge >= 0.3 is 6.09 Å². The summed E-state index contributed by atoms with van der Waals surface area (Å²) in [6.45, 7) is 2.56.